The fourth-order valence-corrected chi connectivity index (χ4v) is 4.08. The standard InChI is InChI=1S/C25H31N5O3/c1-25(2,3)33-24(32)28-15-10-21(11-16-28)30-14-5-9-22(30)23(31)27-20-8-4-7-19(17-20)18-29-13-6-12-26-29/h4-9,12-14,17,21H,10-11,15-16,18H2,1-3H3,(H,27,31). The van der Waals surface area contributed by atoms with E-state index in [-0.39, 0.29) is 18.0 Å². The van der Waals surface area contributed by atoms with E-state index in [0.717, 1.165) is 24.1 Å². The molecule has 1 aliphatic rings. The van der Waals surface area contributed by atoms with Crippen molar-refractivity contribution in [3.05, 3.63) is 72.3 Å². The van der Waals surface area contributed by atoms with E-state index in [1.807, 2.05) is 84.9 Å². The molecule has 1 aromatic carbocycles. The Morgan fingerprint density at radius 2 is 1.88 bits per heavy atom. The first kappa shape index (κ1) is 22.6. The van der Waals surface area contributed by atoms with Crippen molar-refractivity contribution in [1.82, 2.24) is 19.2 Å². The average Bonchev–Trinajstić information content (AvgIpc) is 3.45. The van der Waals surface area contributed by atoms with Crippen molar-refractivity contribution >= 4 is 17.7 Å². The van der Waals surface area contributed by atoms with Gasteiger partial charge in [-0.15, -0.1) is 0 Å². The molecule has 1 saturated heterocycles. The lowest BCUT2D eigenvalue weighted by molar-refractivity contribution is 0.0187. The molecule has 3 heterocycles. The summed E-state index contributed by atoms with van der Waals surface area (Å²) in [5.41, 5.74) is 1.91. The smallest absolute Gasteiger partial charge is 0.410 e. The van der Waals surface area contributed by atoms with Gasteiger partial charge in [-0.2, -0.15) is 5.10 Å². The van der Waals surface area contributed by atoms with Crippen molar-refractivity contribution in [1.29, 1.82) is 0 Å². The molecule has 174 valence electrons. The number of ether oxygens (including phenoxy) is 1. The number of carbonyl (C=O) groups excluding carboxylic acids is 2. The van der Waals surface area contributed by atoms with Crippen LogP contribution in [0.3, 0.4) is 0 Å². The Bertz CT molecular complexity index is 1090. The van der Waals surface area contributed by atoms with Crippen LogP contribution in [-0.4, -0.2) is 49.9 Å². The van der Waals surface area contributed by atoms with Gasteiger partial charge in [0.2, 0.25) is 0 Å². The summed E-state index contributed by atoms with van der Waals surface area (Å²) < 4.78 is 9.35. The normalized spacial score (nSPS) is 14.8. The van der Waals surface area contributed by atoms with Crippen LogP contribution in [0.5, 0.6) is 0 Å². The molecule has 1 N–H and O–H groups in total. The number of nitrogens with zero attached hydrogens (tertiary/aromatic N) is 4. The maximum atomic E-state index is 13.1. The summed E-state index contributed by atoms with van der Waals surface area (Å²) in [5, 5.41) is 7.26. The van der Waals surface area contributed by atoms with Crippen molar-refractivity contribution in [2.75, 3.05) is 18.4 Å². The maximum absolute atomic E-state index is 13.1. The van der Waals surface area contributed by atoms with Gasteiger partial charge in [0.25, 0.3) is 5.91 Å². The van der Waals surface area contributed by atoms with Gasteiger partial charge in [0, 0.05) is 43.4 Å². The Labute approximate surface area is 194 Å². The quantitative estimate of drug-likeness (QED) is 0.619. The van der Waals surface area contributed by atoms with Crippen LogP contribution in [0.2, 0.25) is 0 Å². The molecule has 8 heteroatoms. The Morgan fingerprint density at radius 3 is 2.58 bits per heavy atom. The van der Waals surface area contributed by atoms with Crippen LogP contribution in [0.1, 0.15) is 55.7 Å². The third-order valence-electron chi connectivity index (χ3n) is 5.61. The number of hydrogen-bond acceptors (Lipinski definition) is 4. The minimum Gasteiger partial charge on any atom is -0.444 e. The monoisotopic (exact) mass is 449 g/mol. The minimum atomic E-state index is -0.505. The second-order valence-corrected chi connectivity index (χ2v) is 9.36. The second-order valence-electron chi connectivity index (χ2n) is 9.36. The second kappa shape index (κ2) is 9.52. The van der Waals surface area contributed by atoms with Crippen LogP contribution >= 0.6 is 0 Å². The molecule has 2 aromatic heterocycles. The predicted octanol–water partition coefficient (Wildman–Crippen LogP) is 4.56. The largest absolute Gasteiger partial charge is 0.444 e. The molecule has 0 unspecified atom stereocenters. The van der Waals surface area contributed by atoms with Gasteiger partial charge in [0.05, 0.1) is 6.54 Å². The molecular formula is C25H31N5O3. The van der Waals surface area contributed by atoms with Crippen molar-refractivity contribution in [3.8, 4) is 0 Å². The summed E-state index contributed by atoms with van der Waals surface area (Å²) in [7, 11) is 0. The van der Waals surface area contributed by atoms with Crippen LogP contribution < -0.4 is 5.32 Å². The summed E-state index contributed by atoms with van der Waals surface area (Å²) in [6.07, 6.45) is 6.86. The molecule has 0 atom stereocenters. The zero-order valence-corrected chi connectivity index (χ0v) is 19.4. The van der Waals surface area contributed by atoms with Gasteiger partial charge >= 0.3 is 6.09 Å². The van der Waals surface area contributed by atoms with Gasteiger partial charge in [-0.1, -0.05) is 12.1 Å². The Morgan fingerprint density at radius 1 is 1.09 bits per heavy atom. The number of rotatable bonds is 5. The summed E-state index contributed by atoms with van der Waals surface area (Å²) in [4.78, 5) is 27.1. The fraction of sp³-hybridized carbons (Fsp3) is 0.400. The molecule has 33 heavy (non-hydrogen) atoms. The number of benzene rings is 1. The molecule has 3 aromatic rings. The predicted molar refractivity (Wildman–Crippen MR) is 126 cm³/mol. The number of nitrogens with one attached hydrogen (secondary N) is 1. The molecule has 1 aliphatic heterocycles. The topological polar surface area (TPSA) is 81.4 Å². The average molecular weight is 450 g/mol. The zero-order chi connectivity index (χ0) is 23.4. The van der Waals surface area contributed by atoms with E-state index in [4.69, 9.17) is 4.74 Å². The number of carbonyl (C=O) groups is 2. The van der Waals surface area contributed by atoms with E-state index < -0.39 is 5.60 Å². The van der Waals surface area contributed by atoms with Crippen molar-refractivity contribution in [2.45, 2.75) is 51.8 Å². The van der Waals surface area contributed by atoms with E-state index in [1.54, 1.807) is 11.1 Å². The SMILES string of the molecule is CC(C)(C)OC(=O)N1CCC(n2cccc2C(=O)Nc2cccc(Cn3cccn3)c2)CC1. The number of piperidine rings is 1. The highest BCUT2D eigenvalue weighted by atomic mass is 16.6. The van der Waals surface area contributed by atoms with Gasteiger partial charge in [0.1, 0.15) is 11.3 Å². The third kappa shape index (κ3) is 5.83. The fourth-order valence-electron chi connectivity index (χ4n) is 4.08. The van der Waals surface area contributed by atoms with Crippen molar-refractivity contribution < 1.29 is 14.3 Å². The third-order valence-corrected chi connectivity index (χ3v) is 5.61. The lowest BCUT2D eigenvalue weighted by Crippen LogP contribution is -2.42. The highest BCUT2D eigenvalue weighted by molar-refractivity contribution is 6.03. The summed E-state index contributed by atoms with van der Waals surface area (Å²) in [6, 6.07) is 13.6. The first-order chi connectivity index (χ1) is 15.8. The highest BCUT2D eigenvalue weighted by Crippen LogP contribution is 2.26. The molecule has 8 nitrogen and oxygen atoms in total. The van der Waals surface area contributed by atoms with Gasteiger partial charge < -0.3 is 19.5 Å². The maximum Gasteiger partial charge on any atom is 0.410 e. The highest BCUT2D eigenvalue weighted by Gasteiger charge is 2.28. The van der Waals surface area contributed by atoms with E-state index >= 15 is 0 Å². The molecule has 4 rings (SSSR count). The van der Waals surface area contributed by atoms with Crippen molar-refractivity contribution in [3.63, 3.8) is 0 Å². The van der Waals surface area contributed by atoms with Crippen LogP contribution in [0.15, 0.2) is 61.1 Å². The summed E-state index contributed by atoms with van der Waals surface area (Å²) in [6.45, 7) is 7.46. The van der Waals surface area contributed by atoms with Gasteiger partial charge in [-0.25, -0.2) is 4.79 Å². The molecule has 0 saturated carbocycles. The molecule has 0 bridgehead atoms. The van der Waals surface area contributed by atoms with Gasteiger partial charge in [-0.05, 0) is 69.5 Å². The lowest BCUT2D eigenvalue weighted by Gasteiger charge is -2.34. The summed E-state index contributed by atoms with van der Waals surface area (Å²) >= 11 is 0. The van der Waals surface area contributed by atoms with Gasteiger partial charge in [0.15, 0.2) is 0 Å². The molecule has 0 spiro atoms. The van der Waals surface area contributed by atoms with E-state index in [9.17, 15) is 9.59 Å². The van der Waals surface area contributed by atoms with Crippen LogP contribution in [0.4, 0.5) is 10.5 Å². The molecule has 2 amide bonds. The Hall–Kier alpha value is -3.55. The minimum absolute atomic E-state index is 0.147. The number of likely N-dealkylation sites (tertiary alicyclic amines) is 1. The Kier molecular flexibility index (Phi) is 6.53. The lowest BCUT2D eigenvalue weighted by atomic mass is 10.0. The number of aromatic nitrogens is 3. The number of hydrogen-bond donors (Lipinski definition) is 1. The molecule has 1 fully saturated rings. The number of anilines is 1. The van der Waals surface area contributed by atoms with Crippen molar-refractivity contribution in [2.24, 2.45) is 0 Å². The molecular weight excluding hydrogens is 418 g/mol. The van der Waals surface area contributed by atoms with Crippen LogP contribution in [-0.2, 0) is 11.3 Å². The van der Waals surface area contributed by atoms with Crippen LogP contribution in [0, 0.1) is 0 Å². The first-order valence-electron chi connectivity index (χ1n) is 11.3. The number of amides is 2. The van der Waals surface area contributed by atoms with E-state index in [1.165, 1.54) is 0 Å². The van der Waals surface area contributed by atoms with E-state index in [2.05, 4.69) is 10.4 Å². The van der Waals surface area contributed by atoms with E-state index in [0.29, 0.717) is 25.3 Å². The zero-order valence-electron chi connectivity index (χ0n) is 19.4. The van der Waals surface area contributed by atoms with Crippen LogP contribution in [0.25, 0.3) is 0 Å². The van der Waals surface area contributed by atoms with Gasteiger partial charge in [-0.3, -0.25) is 9.48 Å². The molecule has 0 aliphatic carbocycles. The summed E-state index contributed by atoms with van der Waals surface area (Å²) in [5.74, 6) is -0.147. The molecule has 0 radical (unpaired) electrons. The first-order valence-corrected chi connectivity index (χ1v) is 11.3. The Balaban J connectivity index is 1.38.